The Morgan fingerprint density at radius 2 is 1.19 bits per heavy atom. The second-order valence-corrected chi connectivity index (χ2v) is 18.3. The number of anilines is 6. The van der Waals surface area contributed by atoms with Gasteiger partial charge in [0, 0.05) is 101 Å². The minimum absolute atomic E-state index is 0.277. The van der Waals surface area contributed by atoms with E-state index in [1.165, 1.54) is 18.4 Å². The van der Waals surface area contributed by atoms with Gasteiger partial charge in [0.1, 0.15) is 9.84 Å². The highest BCUT2D eigenvalue weighted by Gasteiger charge is 2.38. The summed E-state index contributed by atoms with van der Waals surface area (Å²) in [5.41, 5.74) is 33.6. The van der Waals surface area contributed by atoms with Crippen molar-refractivity contribution >= 4 is 44.0 Å². The largest absolute Gasteiger partial charge is 0.396 e. The van der Waals surface area contributed by atoms with E-state index >= 15 is 0 Å². The Hall–Kier alpha value is -6.62. The molecular formula is C45H60N14O2S. The maximum absolute atomic E-state index is 11.3. The van der Waals surface area contributed by atoms with Crippen molar-refractivity contribution in [2.45, 2.75) is 33.1 Å². The van der Waals surface area contributed by atoms with E-state index < -0.39 is 9.84 Å². The second kappa shape index (κ2) is 20.3. The molecule has 62 heavy (non-hydrogen) atoms. The number of aryl methyl sites for hydroxylation is 2. The highest BCUT2D eigenvalue weighted by molar-refractivity contribution is 7.90. The summed E-state index contributed by atoms with van der Waals surface area (Å²) in [5, 5.41) is 4.25. The molecule has 8 N–H and O–H groups in total. The van der Waals surface area contributed by atoms with Gasteiger partial charge >= 0.3 is 0 Å². The number of nitrogens with zero attached hydrogens (tertiary/aromatic N) is 10. The maximum Gasteiger partial charge on any atom is 0.147 e. The van der Waals surface area contributed by atoms with Crippen LogP contribution < -0.4 is 32.7 Å². The third-order valence-electron chi connectivity index (χ3n) is 11.5. The van der Waals surface area contributed by atoms with Crippen LogP contribution in [0.2, 0.25) is 0 Å². The summed E-state index contributed by atoms with van der Waals surface area (Å²) in [6.45, 7) is 13.2. The standard InChI is InChI=1S/C14H20N4.C12H19N3O2S.C10H11N3.C9H10N4/c1-10-12-9-18(6-4-11(12)8-17(10)2)14-3-5-16-7-13(14)15;1-18(16,17)9-10-3-6-15(7-4-10)12-2-5-14-8-11(12)13;1-8-3-2-6-13(8)10-4-5-12-7-9(10)11;1-7-3-5-13(12-7)9-2-4-11-6-8(9)10/h3,5,7,11-12H,1,4,6,8-9,15H2,2H3;2,5,8,10H,3-4,6-7,9,13H2,1H3;2-7H,11H2,1H3;2-6H,10H2,1H3/t11-,12+;;;/m0.../s1. The minimum atomic E-state index is -2.87. The number of aromatic nitrogens is 7. The van der Waals surface area contributed by atoms with E-state index in [4.69, 9.17) is 22.9 Å². The average molecular weight is 861 g/mol. The Morgan fingerprint density at radius 1 is 0.677 bits per heavy atom. The summed E-state index contributed by atoms with van der Waals surface area (Å²) >= 11 is 0. The van der Waals surface area contributed by atoms with Crippen LogP contribution in [-0.2, 0) is 9.84 Å². The maximum atomic E-state index is 11.3. The zero-order valence-corrected chi connectivity index (χ0v) is 36.9. The van der Waals surface area contributed by atoms with Gasteiger partial charge in [0.25, 0.3) is 0 Å². The van der Waals surface area contributed by atoms with Gasteiger partial charge in [0.2, 0.25) is 0 Å². The van der Waals surface area contributed by atoms with Crippen molar-refractivity contribution < 1.29 is 8.42 Å². The molecule has 0 radical (unpaired) electrons. The van der Waals surface area contributed by atoms with E-state index in [0.29, 0.717) is 28.7 Å². The number of sulfone groups is 1. The lowest BCUT2D eigenvalue weighted by molar-refractivity contribution is 0.353. The molecule has 6 aromatic heterocycles. The predicted molar refractivity (Wildman–Crippen MR) is 251 cm³/mol. The van der Waals surface area contributed by atoms with Gasteiger partial charge in [-0.15, -0.1) is 0 Å². The molecule has 0 aliphatic carbocycles. The molecule has 0 bridgehead atoms. The van der Waals surface area contributed by atoms with E-state index in [0.717, 1.165) is 91.3 Å². The number of piperidine rings is 2. The van der Waals surface area contributed by atoms with Crippen molar-refractivity contribution in [3.05, 3.63) is 128 Å². The SMILES string of the molecule is C=C1[C@H]2CN(c3ccncc3N)CC[C@H]2CN1C.CS(=O)(=O)CC1CCN(c2ccncc2N)CC1.Cc1cccn1-c1ccncc1N.Cc1ccn(-c2ccncc2N)n1. The molecule has 3 fully saturated rings. The first-order valence-corrected chi connectivity index (χ1v) is 22.8. The molecule has 3 aliphatic rings. The van der Waals surface area contributed by atoms with Gasteiger partial charge < -0.3 is 42.2 Å². The fourth-order valence-electron chi connectivity index (χ4n) is 8.22. The topological polar surface area (TPSA) is 222 Å². The molecule has 16 nitrogen and oxygen atoms in total. The van der Waals surface area contributed by atoms with E-state index in [-0.39, 0.29) is 5.92 Å². The van der Waals surface area contributed by atoms with E-state index in [2.05, 4.69) is 53.4 Å². The fourth-order valence-corrected chi connectivity index (χ4v) is 9.41. The van der Waals surface area contributed by atoms with Gasteiger partial charge in [-0.25, -0.2) is 13.1 Å². The number of nitrogens with two attached hydrogens (primary N) is 4. The van der Waals surface area contributed by atoms with Gasteiger partial charge in [-0.1, -0.05) is 6.58 Å². The predicted octanol–water partition coefficient (Wildman–Crippen LogP) is 5.41. The lowest BCUT2D eigenvalue weighted by Crippen LogP contribution is -2.39. The number of rotatable bonds is 6. The number of hydrogen-bond donors (Lipinski definition) is 4. The van der Waals surface area contributed by atoms with Crippen molar-refractivity contribution in [2.75, 3.05) is 84.5 Å². The number of hydrogen-bond acceptors (Lipinski definition) is 14. The Labute approximate surface area is 365 Å². The highest BCUT2D eigenvalue weighted by atomic mass is 32.2. The number of likely N-dealkylation sites (tertiary alicyclic amines) is 1. The molecule has 0 amide bonds. The zero-order valence-electron chi connectivity index (χ0n) is 36.1. The smallest absolute Gasteiger partial charge is 0.147 e. The Morgan fingerprint density at radius 3 is 1.68 bits per heavy atom. The van der Waals surface area contributed by atoms with E-state index in [1.54, 1.807) is 48.1 Å². The van der Waals surface area contributed by atoms with Gasteiger partial charge in [-0.2, -0.15) is 5.10 Å². The van der Waals surface area contributed by atoms with Crippen LogP contribution in [0, 0.1) is 31.6 Å². The van der Waals surface area contributed by atoms with Crippen LogP contribution >= 0.6 is 0 Å². The van der Waals surface area contributed by atoms with Gasteiger partial charge in [-0.3, -0.25) is 19.9 Å². The number of pyridine rings is 4. The summed E-state index contributed by atoms with van der Waals surface area (Å²) in [4.78, 5) is 22.8. The van der Waals surface area contributed by atoms with Crippen LogP contribution in [0.25, 0.3) is 11.4 Å². The fraction of sp³-hybridized carbons (Fsp3) is 0.356. The number of fused-ring (bicyclic) bond motifs is 1. The molecule has 0 unspecified atom stereocenters. The lowest BCUT2D eigenvalue weighted by atomic mass is 9.87. The zero-order chi connectivity index (χ0) is 44.4. The van der Waals surface area contributed by atoms with Crippen molar-refractivity contribution in [2.24, 2.45) is 17.8 Å². The Kier molecular flexibility index (Phi) is 14.7. The van der Waals surface area contributed by atoms with Crippen LogP contribution in [0.1, 0.15) is 30.7 Å². The summed E-state index contributed by atoms with van der Waals surface area (Å²) in [6.07, 6.45) is 21.8. The summed E-state index contributed by atoms with van der Waals surface area (Å²) in [5.74, 6) is 1.92. The second-order valence-electron chi connectivity index (χ2n) is 16.2. The molecule has 0 spiro atoms. The van der Waals surface area contributed by atoms with Crippen molar-refractivity contribution in [1.82, 2.24) is 39.2 Å². The normalized spacial score (nSPS) is 17.5. The quantitative estimate of drug-likeness (QED) is 0.165. The minimum Gasteiger partial charge on any atom is -0.396 e. The molecule has 2 atom stereocenters. The third kappa shape index (κ3) is 11.6. The summed E-state index contributed by atoms with van der Waals surface area (Å²) in [6, 6.07) is 13.6. The van der Waals surface area contributed by atoms with Gasteiger partial charge in [0.15, 0.2) is 0 Å². The first-order valence-electron chi connectivity index (χ1n) is 20.7. The molecule has 9 rings (SSSR count). The highest BCUT2D eigenvalue weighted by Crippen LogP contribution is 2.39. The lowest BCUT2D eigenvalue weighted by Gasteiger charge is -2.36. The van der Waals surface area contributed by atoms with Crippen LogP contribution in [0.5, 0.6) is 0 Å². The van der Waals surface area contributed by atoms with E-state index in [9.17, 15) is 8.42 Å². The first-order chi connectivity index (χ1) is 29.7. The molecule has 17 heteroatoms. The Balaban J connectivity index is 0.000000140. The van der Waals surface area contributed by atoms with Crippen LogP contribution in [0.3, 0.4) is 0 Å². The van der Waals surface area contributed by atoms with Gasteiger partial charge in [0.05, 0.1) is 81.7 Å². The van der Waals surface area contributed by atoms with Crippen LogP contribution in [-0.4, -0.2) is 99.4 Å². The summed E-state index contributed by atoms with van der Waals surface area (Å²) in [7, 11) is -0.723. The molecule has 9 heterocycles. The van der Waals surface area contributed by atoms with Crippen LogP contribution in [0.15, 0.2) is 117 Å². The molecule has 3 saturated heterocycles. The monoisotopic (exact) mass is 860 g/mol. The first kappa shape index (κ1) is 44.9. The third-order valence-corrected chi connectivity index (χ3v) is 12.6. The molecular weight excluding hydrogens is 801 g/mol. The van der Waals surface area contributed by atoms with Crippen molar-refractivity contribution in [3.63, 3.8) is 0 Å². The number of nitrogen functional groups attached to an aromatic ring is 4. The summed E-state index contributed by atoms with van der Waals surface area (Å²) < 4.78 is 26.3. The Bertz CT molecular complexity index is 2510. The molecule has 0 saturated carbocycles. The molecule has 6 aromatic rings. The average Bonchev–Trinajstić information content (AvgIpc) is 3.96. The molecule has 328 valence electrons. The molecule has 3 aliphatic heterocycles. The molecule has 0 aromatic carbocycles. The van der Waals surface area contributed by atoms with Crippen LogP contribution in [0.4, 0.5) is 34.1 Å². The van der Waals surface area contributed by atoms with Gasteiger partial charge in [-0.05, 0) is 87.4 Å². The van der Waals surface area contributed by atoms with Crippen molar-refractivity contribution in [1.29, 1.82) is 0 Å². The van der Waals surface area contributed by atoms with Crippen molar-refractivity contribution in [3.8, 4) is 11.4 Å². The van der Waals surface area contributed by atoms with E-state index in [1.807, 2.05) is 79.5 Å².